The highest BCUT2D eigenvalue weighted by Crippen LogP contribution is 2.33. The lowest BCUT2D eigenvalue weighted by Gasteiger charge is -2.11. The van der Waals surface area contributed by atoms with E-state index in [2.05, 4.69) is 16.0 Å². The molecule has 0 saturated carbocycles. The summed E-state index contributed by atoms with van der Waals surface area (Å²) in [5, 5.41) is 5.93. The Bertz CT molecular complexity index is 1110. The van der Waals surface area contributed by atoms with Crippen LogP contribution in [0.2, 0.25) is 15.1 Å². The lowest BCUT2D eigenvalue weighted by atomic mass is 10.1. The van der Waals surface area contributed by atoms with Gasteiger partial charge in [0.2, 0.25) is 5.91 Å². The molecule has 2 amide bonds. The highest BCUT2D eigenvalue weighted by molar-refractivity contribution is 6.35. The Kier molecular flexibility index (Phi) is 6.71. The average Bonchev–Trinajstić information content (AvgIpc) is 3.03. The van der Waals surface area contributed by atoms with Crippen molar-refractivity contribution >= 4 is 46.6 Å². The number of hydrogen-bond acceptors (Lipinski definition) is 3. The van der Waals surface area contributed by atoms with Crippen molar-refractivity contribution in [2.75, 3.05) is 0 Å². The van der Waals surface area contributed by atoms with Crippen molar-refractivity contribution in [3.63, 3.8) is 0 Å². The van der Waals surface area contributed by atoms with Crippen LogP contribution in [0.3, 0.4) is 0 Å². The summed E-state index contributed by atoms with van der Waals surface area (Å²) < 4.78 is 1.58. The molecule has 0 atom stereocenters. The van der Waals surface area contributed by atoms with Gasteiger partial charge in [-0.1, -0.05) is 60.8 Å². The fraction of sp³-hybridized carbons (Fsp3) is 0.190. The van der Waals surface area contributed by atoms with Crippen LogP contribution >= 0.6 is 34.8 Å². The number of aromatic nitrogens is 2. The van der Waals surface area contributed by atoms with Crippen LogP contribution < -0.4 is 10.9 Å². The van der Waals surface area contributed by atoms with E-state index in [9.17, 15) is 9.59 Å². The van der Waals surface area contributed by atoms with Gasteiger partial charge in [-0.25, -0.2) is 4.68 Å². The second kappa shape index (κ2) is 9.08. The summed E-state index contributed by atoms with van der Waals surface area (Å²) in [5.74, 6) is -1.12. The summed E-state index contributed by atoms with van der Waals surface area (Å²) >= 11 is 18.5. The van der Waals surface area contributed by atoms with E-state index < -0.39 is 5.91 Å². The molecule has 0 unspecified atom stereocenters. The zero-order chi connectivity index (χ0) is 22.0. The van der Waals surface area contributed by atoms with E-state index in [1.54, 1.807) is 55.8 Å². The van der Waals surface area contributed by atoms with Crippen LogP contribution in [0.5, 0.6) is 0 Å². The Balaban J connectivity index is 2.11. The molecule has 0 fully saturated rings. The average molecular weight is 466 g/mol. The normalized spacial score (nSPS) is 10.9. The summed E-state index contributed by atoms with van der Waals surface area (Å²) in [6.45, 7) is 5.22. The van der Waals surface area contributed by atoms with Gasteiger partial charge < -0.3 is 0 Å². The van der Waals surface area contributed by atoms with E-state index in [1.807, 2.05) is 12.1 Å². The van der Waals surface area contributed by atoms with Gasteiger partial charge in [-0.2, -0.15) is 5.10 Å². The molecule has 0 aliphatic rings. The van der Waals surface area contributed by atoms with E-state index >= 15 is 0 Å². The molecule has 3 rings (SSSR count). The number of hydrazine groups is 1. The Morgan fingerprint density at radius 1 is 0.967 bits per heavy atom. The van der Waals surface area contributed by atoms with Gasteiger partial charge in [0.05, 0.1) is 16.4 Å². The molecule has 3 aromatic rings. The van der Waals surface area contributed by atoms with Crippen molar-refractivity contribution < 1.29 is 9.59 Å². The number of rotatable bonds is 4. The summed E-state index contributed by atoms with van der Waals surface area (Å²) in [6.07, 6.45) is 0. The lowest BCUT2D eigenvalue weighted by molar-refractivity contribution is -0.124. The topological polar surface area (TPSA) is 76.0 Å². The minimum atomic E-state index is -0.541. The molecule has 0 bridgehead atoms. The Labute approximate surface area is 189 Å². The first-order valence-corrected chi connectivity index (χ1v) is 10.2. The molecule has 2 aromatic carbocycles. The second-order valence-corrected chi connectivity index (χ2v) is 8.21. The highest BCUT2D eigenvalue weighted by atomic mass is 35.5. The number of halogens is 3. The molecular formula is C21H19Cl3N4O2. The molecule has 2 N–H and O–H groups in total. The molecular weight excluding hydrogens is 447 g/mol. The van der Waals surface area contributed by atoms with Gasteiger partial charge in [0.1, 0.15) is 0 Å². The number of carbonyl (C=O) groups excluding carboxylic acids is 2. The van der Waals surface area contributed by atoms with Crippen molar-refractivity contribution in [3.8, 4) is 16.9 Å². The molecule has 1 aromatic heterocycles. The van der Waals surface area contributed by atoms with Gasteiger partial charge >= 0.3 is 0 Å². The van der Waals surface area contributed by atoms with Crippen molar-refractivity contribution in [2.45, 2.75) is 20.8 Å². The van der Waals surface area contributed by atoms with Crippen molar-refractivity contribution in [3.05, 3.63) is 68.8 Å². The predicted octanol–water partition coefficient (Wildman–Crippen LogP) is 5.22. The Hall–Kier alpha value is -2.54. The summed E-state index contributed by atoms with van der Waals surface area (Å²) in [4.78, 5) is 24.5. The maximum atomic E-state index is 12.7. The second-order valence-electron chi connectivity index (χ2n) is 6.93. The minimum Gasteiger partial charge on any atom is -0.273 e. The van der Waals surface area contributed by atoms with Crippen molar-refractivity contribution in [2.24, 2.45) is 5.92 Å². The third-order valence-electron chi connectivity index (χ3n) is 4.42. The van der Waals surface area contributed by atoms with Crippen LogP contribution in [-0.4, -0.2) is 21.6 Å². The first-order chi connectivity index (χ1) is 14.2. The molecule has 0 saturated heterocycles. The minimum absolute atomic E-state index is 0.148. The molecule has 0 aliphatic carbocycles. The fourth-order valence-corrected chi connectivity index (χ4v) is 3.42. The number of nitrogens with one attached hydrogen (secondary N) is 2. The third kappa shape index (κ3) is 4.61. The third-order valence-corrected chi connectivity index (χ3v) is 5.21. The first kappa shape index (κ1) is 22.2. The molecule has 0 radical (unpaired) electrons. The maximum Gasteiger partial charge on any atom is 0.290 e. The van der Waals surface area contributed by atoms with E-state index in [0.717, 1.165) is 5.56 Å². The molecule has 1 heterocycles. The number of carbonyl (C=O) groups is 2. The standard InChI is InChI=1S/C21H19Cl3N4O2/c1-11(2)20(29)25-26-21(30)18-12(3)19(13-4-6-14(22)7-5-13)28(27-18)17-9-8-15(23)10-16(17)24/h4-11H,1-3H3,(H,25,29)(H,26,30). The quantitative estimate of drug-likeness (QED) is 0.518. The smallest absolute Gasteiger partial charge is 0.273 e. The van der Waals surface area contributed by atoms with Crippen LogP contribution in [0.15, 0.2) is 42.5 Å². The van der Waals surface area contributed by atoms with Gasteiger partial charge in [0.15, 0.2) is 5.69 Å². The zero-order valence-electron chi connectivity index (χ0n) is 16.5. The van der Waals surface area contributed by atoms with E-state index in [0.29, 0.717) is 32.0 Å². The zero-order valence-corrected chi connectivity index (χ0v) is 18.7. The summed E-state index contributed by atoms with van der Waals surface area (Å²) in [5.41, 5.74) is 7.57. The first-order valence-electron chi connectivity index (χ1n) is 9.10. The molecule has 0 aliphatic heterocycles. The number of benzene rings is 2. The Morgan fingerprint density at radius 3 is 2.20 bits per heavy atom. The molecule has 0 spiro atoms. The number of hydrogen-bond donors (Lipinski definition) is 2. The van der Waals surface area contributed by atoms with Gasteiger partial charge in [-0.15, -0.1) is 0 Å². The van der Waals surface area contributed by atoms with Crippen LogP contribution in [0.1, 0.15) is 29.9 Å². The Morgan fingerprint density at radius 2 is 1.60 bits per heavy atom. The van der Waals surface area contributed by atoms with Crippen LogP contribution in [0, 0.1) is 12.8 Å². The number of amides is 2. The predicted molar refractivity (Wildman–Crippen MR) is 119 cm³/mol. The van der Waals surface area contributed by atoms with Gasteiger partial charge in [-0.3, -0.25) is 20.4 Å². The molecule has 6 nitrogen and oxygen atoms in total. The molecule has 156 valence electrons. The van der Waals surface area contributed by atoms with E-state index in [4.69, 9.17) is 34.8 Å². The lowest BCUT2D eigenvalue weighted by Crippen LogP contribution is -2.43. The summed E-state index contributed by atoms with van der Waals surface area (Å²) in [7, 11) is 0. The molecule has 9 heteroatoms. The van der Waals surface area contributed by atoms with Crippen LogP contribution in [0.25, 0.3) is 16.9 Å². The maximum absolute atomic E-state index is 12.7. The van der Waals surface area contributed by atoms with E-state index in [-0.39, 0.29) is 17.5 Å². The number of nitrogens with zero attached hydrogens (tertiary/aromatic N) is 2. The fourth-order valence-electron chi connectivity index (χ4n) is 2.81. The van der Waals surface area contributed by atoms with Crippen LogP contribution in [-0.2, 0) is 4.79 Å². The SMILES string of the molecule is Cc1c(C(=O)NNC(=O)C(C)C)nn(-c2ccc(Cl)cc2Cl)c1-c1ccc(Cl)cc1. The highest BCUT2D eigenvalue weighted by Gasteiger charge is 2.23. The van der Waals surface area contributed by atoms with Crippen LogP contribution in [0.4, 0.5) is 0 Å². The van der Waals surface area contributed by atoms with E-state index in [1.165, 1.54) is 0 Å². The summed E-state index contributed by atoms with van der Waals surface area (Å²) in [6, 6.07) is 12.2. The monoisotopic (exact) mass is 464 g/mol. The largest absolute Gasteiger partial charge is 0.290 e. The van der Waals surface area contributed by atoms with Gasteiger partial charge in [-0.05, 0) is 37.3 Å². The molecule has 30 heavy (non-hydrogen) atoms. The van der Waals surface area contributed by atoms with Gasteiger partial charge in [0, 0.05) is 27.1 Å². The van der Waals surface area contributed by atoms with Crippen molar-refractivity contribution in [1.29, 1.82) is 0 Å². The van der Waals surface area contributed by atoms with Gasteiger partial charge in [0.25, 0.3) is 5.91 Å². The van der Waals surface area contributed by atoms with Crippen molar-refractivity contribution in [1.82, 2.24) is 20.6 Å².